The Hall–Kier alpha value is -2.37. The highest BCUT2D eigenvalue weighted by atomic mass is 16.6. The van der Waals surface area contributed by atoms with Gasteiger partial charge in [-0.1, -0.05) is 218 Å². The molecule has 0 aromatic heterocycles. The molecule has 0 aromatic rings. The third kappa shape index (κ3) is 44.6. The second-order valence-electron chi connectivity index (χ2n) is 16.4. The smallest absolute Gasteiger partial charge is 0.306 e. The van der Waals surface area contributed by atoms with Gasteiger partial charge in [0.2, 0.25) is 0 Å². The van der Waals surface area contributed by atoms with Gasteiger partial charge in [-0.15, -0.1) is 0 Å². The second-order valence-corrected chi connectivity index (χ2v) is 16.4. The lowest BCUT2D eigenvalue weighted by atomic mass is 10.0. The highest BCUT2D eigenvalue weighted by molar-refractivity contribution is 5.71. The maximum atomic E-state index is 12.7. The Labute approximate surface area is 353 Å². The van der Waals surface area contributed by atoms with E-state index in [-0.39, 0.29) is 31.1 Å². The Balaban J connectivity index is 4.37. The van der Waals surface area contributed by atoms with Crippen molar-refractivity contribution in [2.24, 2.45) is 0 Å². The standard InChI is InChI=1S/C51H92O6/c1-4-7-10-13-16-19-22-24-25-27-29-32-35-38-41-44-50(53)56-47-48(46-55-49(52)43-40-37-34-31-28-21-18-15-12-9-6-3)57-51(54)45-42-39-36-33-30-26-23-20-17-14-11-8-5-2/h8,11,17,20,26,30,48H,4-7,9-10,12-16,18-19,21-25,27-29,31-47H2,1-3H3/b11-8-,20-17-,30-26-. The molecule has 0 saturated carbocycles. The van der Waals surface area contributed by atoms with Gasteiger partial charge in [0.25, 0.3) is 0 Å². The molecule has 0 fully saturated rings. The number of hydrogen-bond donors (Lipinski definition) is 0. The predicted molar refractivity (Wildman–Crippen MR) is 242 cm³/mol. The zero-order valence-electron chi connectivity index (χ0n) is 37.9. The van der Waals surface area contributed by atoms with Gasteiger partial charge in [-0.25, -0.2) is 0 Å². The Morgan fingerprint density at radius 2 is 0.684 bits per heavy atom. The van der Waals surface area contributed by atoms with Crippen LogP contribution in [0.25, 0.3) is 0 Å². The summed E-state index contributed by atoms with van der Waals surface area (Å²) in [4.78, 5) is 37.8. The normalized spacial score (nSPS) is 12.3. The van der Waals surface area contributed by atoms with Gasteiger partial charge in [-0.2, -0.15) is 0 Å². The van der Waals surface area contributed by atoms with Gasteiger partial charge < -0.3 is 14.2 Å². The van der Waals surface area contributed by atoms with E-state index in [4.69, 9.17) is 14.2 Å². The van der Waals surface area contributed by atoms with Crippen LogP contribution in [0.4, 0.5) is 0 Å². The maximum Gasteiger partial charge on any atom is 0.306 e. The predicted octanol–water partition coefficient (Wildman–Crippen LogP) is 15.8. The Kier molecular flexibility index (Phi) is 44.4. The molecule has 1 unspecified atom stereocenters. The van der Waals surface area contributed by atoms with Crippen molar-refractivity contribution in [2.45, 2.75) is 258 Å². The molecule has 0 radical (unpaired) electrons. The molecule has 6 heteroatoms. The average molecular weight is 801 g/mol. The van der Waals surface area contributed by atoms with Gasteiger partial charge in [0.05, 0.1) is 0 Å². The molecule has 0 heterocycles. The third-order valence-corrected chi connectivity index (χ3v) is 10.7. The highest BCUT2D eigenvalue weighted by Gasteiger charge is 2.19. The van der Waals surface area contributed by atoms with Crippen LogP contribution in [-0.2, 0) is 28.6 Å². The number of unbranched alkanes of at least 4 members (excludes halogenated alkanes) is 27. The highest BCUT2D eigenvalue weighted by Crippen LogP contribution is 2.15. The van der Waals surface area contributed by atoms with Gasteiger partial charge in [0, 0.05) is 19.3 Å². The number of esters is 3. The van der Waals surface area contributed by atoms with Gasteiger partial charge in [0.15, 0.2) is 6.10 Å². The largest absolute Gasteiger partial charge is 0.462 e. The Bertz CT molecular complexity index is 969. The molecule has 1 atom stereocenters. The van der Waals surface area contributed by atoms with E-state index in [0.29, 0.717) is 19.3 Å². The quantitative estimate of drug-likeness (QED) is 0.0264. The topological polar surface area (TPSA) is 78.9 Å². The minimum atomic E-state index is -0.780. The lowest BCUT2D eigenvalue weighted by Gasteiger charge is -2.18. The number of carbonyl (C=O) groups is 3. The fourth-order valence-corrected chi connectivity index (χ4v) is 6.99. The van der Waals surface area contributed by atoms with Gasteiger partial charge in [0.1, 0.15) is 13.2 Å². The molecule has 0 rings (SSSR count). The lowest BCUT2D eigenvalue weighted by molar-refractivity contribution is -0.167. The minimum absolute atomic E-state index is 0.0802. The molecular formula is C51H92O6. The van der Waals surface area contributed by atoms with E-state index in [0.717, 1.165) is 83.5 Å². The van der Waals surface area contributed by atoms with Crippen molar-refractivity contribution < 1.29 is 28.6 Å². The number of rotatable bonds is 44. The molecule has 0 aliphatic rings. The van der Waals surface area contributed by atoms with E-state index in [2.05, 4.69) is 57.2 Å². The van der Waals surface area contributed by atoms with E-state index in [1.54, 1.807) is 0 Å². The first-order chi connectivity index (χ1) is 28.0. The fourth-order valence-electron chi connectivity index (χ4n) is 6.99. The molecule has 0 aliphatic heterocycles. The fraction of sp³-hybridized carbons (Fsp3) is 0.824. The lowest BCUT2D eigenvalue weighted by Crippen LogP contribution is -2.30. The summed E-state index contributed by atoms with van der Waals surface area (Å²) in [5, 5.41) is 0. The van der Waals surface area contributed by atoms with Crippen LogP contribution in [0, 0.1) is 0 Å². The zero-order valence-corrected chi connectivity index (χ0v) is 37.9. The SMILES string of the molecule is CC/C=C\C/C=C\C/C=C\CCCCCC(=O)OC(COC(=O)CCCCCCCCCCCCC)COC(=O)CCCCCCCCCCCCCCCCC. The van der Waals surface area contributed by atoms with E-state index in [1.165, 1.54) is 128 Å². The molecule has 0 spiro atoms. The first-order valence-corrected chi connectivity index (χ1v) is 24.5. The van der Waals surface area contributed by atoms with Crippen molar-refractivity contribution in [3.05, 3.63) is 36.5 Å². The minimum Gasteiger partial charge on any atom is -0.462 e. The molecule has 0 amide bonds. The second kappa shape index (κ2) is 46.3. The first-order valence-electron chi connectivity index (χ1n) is 24.5. The molecule has 0 saturated heterocycles. The zero-order chi connectivity index (χ0) is 41.5. The summed E-state index contributed by atoms with van der Waals surface area (Å²) in [6, 6.07) is 0. The summed E-state index contributed by atoms with van der Waals surface area (Å²) in [6.45, 7) is 6.50. The molecule has 57 heavy (non-hydrogen) atoms. The van der Waals surface area contributed by atoms with Gasteiger partial charge >= 0.3 is 17.9 Å². The van der Waals surface area contributed by atoms with Crippen LogP contribution in [0.15, 0.2) is 36.5 Å². The number of carbonyl (C=O) groups excluding carboxylic acids is 3. The maximum absolute atomic E-state index is 12.7. The first kappa shape index (κ1) is 54.6. The molecule has 6 nitrogen and oxygen atoms in total. The van der Waals surface area contributed by atoms with Crippen LogP contribution in [0.3, 0.4) is 0 Å². The Morgan fingerprint density at radius 1 is 0.368 bits per heavy atom. The van der Waals surface area contributed by atoms with Crippen LogP contribution in [-0.4, -0.2) is 37.2 Å². The van der Waals surface area contributed by atoms with Crippen molar-refractivity contribution in [1.29, 1.82) is 0 Å². The molecule has 332 valence electrons. The molecule has 0 bridgehead atoms. The van der Waals surface area contributed by atoms with E-state index in [1.807, 2.05) is 0 Å². The van der Waals surface area contributed by atoms with Crippen molar-refractivity contribution in [2.75, 3.05) is 13.2 Å². The molecule has 0 aromatic carbocycles. The van der Waals surface area contributed by atoms with Crippen molar-refractivity contribution >= 4 is 17.9 Å². The van der Waals surface area contributed by atoms with Crippen LogP contribution < -0.4 is 0 Å². The summed E-state index contributed by atoms with van der Waals surface area (Å²) >= 11 is 0. The molecule has 0 aliphatic carbocycles. The summed E-state index contributed by atoms with van der Waals surface area (Å²) in [5.74, 6) is -0.902. The van der Waals surface area contributed by atoms with Crippen molar-refractivity contribution in [3.8, 4) is 0 Å². The molecular weight excluding hydrogens is 709 g/mol. The summed E-state index contributed by atoms with van der Waals surface area (Å²) in [6.07, 6.45) is 52.7. The molecule has 0 N–H and O–H groups in total. The van der Waals surface area contributed by atoms with Crippen molar-refractivity contribution in [3.63, 3.8) is 0 Å². The van der Waals surface area contributed by atoms with E-state index < -0.39 is 6.10 Å². The van der Waals surface area contributed by atoms with Crippen molar-refractivity contribution in [1.82, 2.24) is 0 Å². The van der Waals surface area contributed by atoms with Gasteiger partial charge in [-0.3, -0.25) is 14.4 Å². The van der Waals surface area contributed by atoms with E-state index in [9.17, 15) is 14.4 Å². The van der Waals surface area contributed by atoms with Gasteiger partial charge in [-0.05, 0) is 51.4 Å². The summed E-state index contributed by atoms with van der Waals surface area (Å²) in [5.41, 5.74) is 0. The summed E-state index contributed by atoms with van der Waals surface area (Å²) in [7, 11) is 0. The monoisotopic (exact) mass is 801 g/mol. The Morgan fingerprint density at radius 3 is 1.07 bits per heavy atom. The number of allylic oxidation sites excluding steroid dienone is 6. The van der Waals surface area contributed by atoms with Crippen LogP contribution >= 0.6 is 0 Å². The average Bonchev–Trinajstić information content (AvgIpc) is 3.21. The number of hydrogen-bond acceptors (Lipinski definition) is 6. The van der Waals surface area contributed by atoms with Crippen LogP contribution in [0.5, 0.6) is 0 Å². The van der Waals surface area contributed by atoms with E-state index >= 15 is 0 Å². The van der Waals surface area contributed by atoms with Crippen LogP contribution in [0.2, 0.25) is 0 Å². The van der Waals surface area contributed by atoms with Crippen LogP contribution in [0.1, 0.15) is 252 Å². The number of ether oxygens (including phenoxy) is 3. The summed E-state index contributed by atoms with van der Waals surface area (Å²) < 4.78 is 16.7. The third-order valence-electron chi connectivity index (χ3n) is 10.7.